The number of nitrogens with one attached hydrogen (secondary N) is 2. The third kappa shape index (κ3) is 3.78. The molecule has 1 rings (SSSR count). The van der Waals surface area contributed by atoms with Gasteiger partial charge in [-0.05, 0) is 19.3 Å². The highest BCUT2D eigenvalue weighted by molar-refractivity contribution is 6.22. The predicted molar refractivity (Wildman–Crippen MR) is 71.1 cm³/mol. The number of hydrogen-bond donors (Lipinski definition) is 5. The summed E-state index contributed by atoms with van der Waals surface area (Å²) in [4.78, 5) is 11.7. The Labute approximate surface area is 112 Å². The molecule has 1 aliphatic heterocycles. The molecule has 0 fully saturated rings. The van der Waals surface area contributed by atoms with Crippen molar-refractivity contribution in [3.63, 3.8) is 0 Å². The fraction of sp³-hybridized carbons (Fsp3) is 0.692. The molecule has 3 atom stereocenters. The van der Waals surface area contributed by atoms with Crippen LogP contribution >= 0.6 is 0 Å². The van der Waals surface area contributed by atoms with Gasteiger partial charge < -0.3 is 26.0 Å². The second kappa shape index (κ2) is 6.16. The maximum Gasteiger partial charge on any atom is 0.257 e. The Kier molecular flexibility index (Phi) is 5.08. The number of hydrogen-bond acceptors (Lipinski definition) is 5. The van der Waals surface area contributed by atoms with Crippen molar-refractivity contribution in [2.75, 3.05) is 0 Å². The molecule has 0 aromatic heterocycles. The summed E-state index contributed by atoms with van der Waals surface area (Å²) in [5.41, 5.74) is -0.158. The van der Waals surface area contributed by atoms with E-state index in [0.717, 1.165) is 0 Å². The van der Waals surface area contributed by atoms with E-state index in [0.29, 0.717) is 0 Å². The van der Waals surface area contributed by atoms with E-state index in [4.69, 9.17) is 10.5 Å². The molecular weight excluding hydrogens is 248 g/mol. The first-order valence-electron chi connectivity index (χ1n) is 6.42. The number of carbonyl (C=O) groups is 1. The molecule has 1 heterocycles. The van der Waals surface area contributed by atoms with Crippen LogP contribution in [0.15, 0.2) is 11.3 Å². The van der Waals surface area contributed by atoms with Crippen molar-refractivity contribution in [2.45, 2.75) is 51.9 Å². The van der Waals surface area contributed by atoms with Gasteiger partial charge in [0.25, 0.3) is 5.91 Å². The minimum Gasteiger partial charge on any atom is -0.509 e. The van der Waals surface area contributed by atoms with Crippen LogP contribution in [0.2, 0.25) is 0 Å². The normalized spacial score (nSPS) is 22.6. The van der Waals surface area contributed by atoms with Crippen LogP contribution in [0, 0.1) is 11.3 Å². The van der Waals surface area contributed by atoms with Crippen LogP contribution in [-0.2, 0) is 4.79 Å². The van der Waals surface area contributed by atoms with Gasteiger partial charge in [-0.1, -0.05) is 13.8 Å². The van der Waals surface area contributed by atoms with Crippen molar-refractivity contribution in [1.82, 2.24) is 5.32 Å². The van der Waals surface area contributed by atoms with E-state index in [1.165, 1.54) is 0 Å². The Morgan fingerprint density at radius 1 is 1.37 bits per heavy atom. The van der Waals surface area contributed by atoms with Crippen LogP contribution in [0.3, 0.4) is 0 Å². The molecule has 1 amide bonds. The van der Waals surface area contributed by atoms with Crippen molar-refractivity contribution in [3.05, 3.63) is 11.3 Å². The zero-order chi connectivity index (χ0) is 14.7. The van der Waals surface area contributed by atoms with Crippen LogP contribution in [0.25, 0.3) is 0 Å². The van der Waals surface area contributed by atoms with Gasteiger partial charge in [-0.15, -0.1) is 0 Å². The maximum atomic E-state index is 11.7. The highest BCUT2D eigenvalue weighted by atomic mass is 16.3. The van der Waals surface area contributed by atoms with Crippen molar-refractivity contribution in [1.29, 1.82) is 5.41 Å². The Morgan fingerprint density at radius 3 is 2.37 bits per heavy atom. The molecule has 6 heteroatoms. The van der Waals surface area contributed by atoms with Gasteiger partial charge in [0.05, 0.1) is 29.5 Å². The van der Waals surface area contributed by atoms with Crippen molar-refractivity contribution in [3.8, 4) is 0 Å². The largest absolute Gasteiger partial charge is 0.509 e. The molecule has 0 unspecified atom stereocenters. The minimum atomic E-state index is -0.904. The molecule has 0 spiro atoms. The lowest BCUT2D eigenvalue weighted by Gasteiger charge is -2.14. The van der Waals surface area contributed by atoms with Gasteiger partial charge in [0.2, 0.25) is 0 Å². The molecule has 1 aliphatic rings. The van der Waals surface area contributed by atoms with Gasteiger partial charge in [0.15, 0.2) is 0 Å². The molecule has 0 aliphatic carbocycles. The van der Waals surface area contributed by atoms with E-state index < -0.39 is 24.2 Å². The lowest BCUT2D eigenvalue weighted by atomic mass is 9.98. The minimum absolute atomic E-state index is 0.0247. The number of rotatable bonds is 6. The summed E-state index contributed by atoms with van der Waals surface area (Å²) in [6.07, 6.45) is -1.52. The molecule has 0 bridgehead atoms. The lowest BCUT2D eigenvalue weighted by Crippen LogP contribution is -2.33. The number of amides is 1. The van der Waals surface area contributed by atoms with Crippen molar-refractivity contribution >= 4 is 11.6 Å². The second-order valence-electron chi connectivity index (χ2n) is 5.38. The first kappa shape index (κ1) is 15.7. The monoisotopic (exact) mass is 270 g/mol. The molecular formula is C13H22N2O4. The smallest absolute Gasteiger partial charge is 0.257 e. The van der Waals surface area contributed by atoms with Gasteiger partial charge in [0.1, 0.15) is 5.76 Å². The van der Waals surface area contributed by atoms with Gasteiger partial charge >= 0.3 is 0 Å². The van der Waals surface area contributed by atoms with E-state index in [1.807, 2.05) is 13.8 Å². The average molecular weight is 270 g/mol. The Hall–Kier alpha value is -1.40. The zero-order valence-corrected chi connectivity index (χ0v) is 11.5. The molecule has 19 heavy (non-hydrogen) atoms. The number of aliphatic hydroxyl groups excluding tert-OH is 3. The summed E-state index contributed by atoms with van der Waals surface area (Å²) in [5.74, 6) is -0.587. The average Bonchev–Trinajstić information content (AvgIpc) is 2.52. The van der Waals surface area contributed by atoms with Crippen molar-refractivity contribution in [2.24, 2.45) is 5.92 Å². The maximum absolute atomic E-state index is 11.7. The summed E-state index contributed by atoms with van der Waals surface area (Å²) in [6, 6.07) is -0.475. The van der Waals surface area contributed by atoms with Crippen molar-refractivity contribution < 1.29 is 20.1 Å². The van der Waals surface area contributed by atoms with Gasteiger partial charge in [-0.3, -0.25) is 4.79 Å². The molecule has 108 valence electrons. The summed E-state index contributed by atoms with van der Waals surface area (Å²) >= 11 is 0. The van der Waals surface area contributed by atoms with Crippen LogP contribution in [0.4, 0.5) is 0 Å². The first-order valence-corrected chi connectivity index (χ1v) is 6.42. The van der Waals surface area contributed by atoms with Gasteiger partial charge in [-0.25, -0.2) is 0 Å². The standard InChI is InChI=1S/C13H22N2O4/c1-6(2)11-12(18)10(13(19)15-11)9(14)5-8(17)4-7(3)16/h6-8,11,14,16-18H,4-5H2,1-3H3,(H,15,19)/t7-,8+,11+/m1/s1. The molecule has 5 N–H and O–H groups in total. The molecule has 0 aromatic rings. The SMILES string of the molecule is CC(C)[C@@H]1NC(=O)C(C(=N)C[C@@H](O)C[C@@H](C)O)=C1O. The Morgan fingerprint density at radius 2 is 1.95 bits per heavy atom. The third-order valence-corrected chi connectivity index (χ3v) is 3.09. The topological polar surface area (TPSA) is 114 Å². The highest BCUT2D eigenvalue weighted by Gasteiger charge is 2.35. The van der Waals surface area contributed by atoms with Crippen LogP contribution in [0.5, 0.6) is 0 Å². The highest BCUT2D eigenvalue weighted by Crippen LogP contribution is 2.23. The summed E-state index contributed by atoms with van der Waals surface area (Å²) in [6.45, 7) is 5.26. The van der Waals surface area contributed by atoms with E-state index in [2.05, 4.69) is 5.32 Å². The molecule has 0 aromatic carbocycles. The van der Waals surface area contributed by atoms with Crippen LogP contribution < -0.4 is 5.32 Å². The lowest BCUT2D eigenvalue weighted by molar-refractivity contribution is -0.116. The quantitative estimate of drug-likeness (QED) is 0.452. The molecule has 6 nitrogen and oxygen atoms in total. The first-order chi connectivity index (χ1) is 8.73. The van der Waals surface area contributed by atoms with E-state index in [1.54, 1.807) is 6.92 Å². The predicted octanol–water partition coefficient (Wildman–Crippen LogP) is 0.495. The van der Waals surface area contributed by atoms with Gasteiger partial charge in [-0.2, -0.15) is 0 Å². The molecule has 0 saturated heterocycles. The van der Waals surface area contributed by atoms with Gasteiger partial charge in [0, 0.05) is 6.42 Å². The summed E-state index contributed by atoms with van der Waals surface area (Å²) in [5, 5.41) is 39.2. The number of carbonyl (C=O) groups excluding carboxylic acids is 1. The Bertz CT molecular complexity index is 401. The molecule has 0 saturated carbocycles. The zero-order valence-electron chi connectivity index (χ0n) is 11.5. The number of aliphatic hydroxyl groups is 3. The van der Waals surface area contributed by atoms with E-state index in [-0.39, 0.29) is 35.8 Å². The molecule has 0 radical (unpaired) electrons. The Balaban J connectivity index is 2.78. The van der Waals surface area contributed by atoms with Crippen LogP contribution in [0.1, 0.15) is 33.6 Å². The second-order valence-corrected chi connectivity index (χ2v) is 5.38. The summed E-state index contributed by atoms with van der Waals surface area (Å²) in [7, 11) is 0. The van der Waals surface area contributed by atoms with E-state index >= 15 is 0 Å². The fourth-order valence-electron chi connectivity index (χ4n) is 2.14. The van der Waals surface area contributed by atoms with Crippen LogP contribution in [-0.4, -0.2) is 45.2 Å². The van der Waals surface area contributed by atoms with E-state index in [9.17, 15) is 15.0 Å². The summed E-state index contributed by atoms with van der Waals surface area (Å²) < 4.78 is 0. The fourth-order valence-corrected chi connectivity index (χ4v) is 2.14. The third-order valence-electron chi connectivity index (χ3n) is 3.09.